The molecule has 23 heavy (non-hydrogen) atoms. The number of ether oxygens (including phenoxy) is 1. The molecule has 1 N–H and O–H groups in total. The highest BCUT2D eigenvalue weighted by atomic mass is 16.5. The minimum absolute atomic E-state index is 0.160. The molecule has 3 aromatic rings. The number of aliphatic hydroxyl groups excluding tert-OH is 1. The summed E-state index contributed by atoms with van der Waals surface area (Å²) in [6, 6.07) is 11.3. The summed E-state index contributed by atoms with van der Waals surface area (Å²) in [5.74, 6) is 1.20. The van der Waals surface area contributed by atoms with Crippen molar-refractivity contribution in [1.29, 1.82) is 0 Å². The van der Waals surface area contributed by atoms with E-state index in [-0.39, 0.29) is 13.2 Å². The molecule has 0 unspecified atom stereocenters. The van der Waals surface area contributed by atoms with Crippen molar-refractivity contribution in [1.82, 2.24) is 25.2 Å². The van der Waals surface area contributed by atoms with Gasteiger partial charge in [-0.1, -0.05) is 17.7 Å². The monoisotopic (exact) mass is 311 g/mol. The zero-order chi connectivity index (χ0) is 16.1. The molecule has 0 spiro atoms. The zero-order valence-corrected chi connectivity index (χ0v) is 12.7. The summed E-state index contributed by atoms with van der Waals surface area (Å²) in [6.45, 7) is 2.38. The highest BCUT2D eigenvalue weighted by Crippen LogP contribution is 2.12. The number of hydrogen-bond acceptors (Lipinski definition) is 6. The molecular formula is C16H17N5O2. The maximum Gasteiger partial charge on any atom is 0.206 e. The first-order chi connectivity index (χ1) is 11.2. The van der Waals surface area contributed by atoms with Crippen molar-refractivity contribution >= 4 is 0 Å². The summed E-state index contributed by atoms with van der Waals surface area (Å²) in [6.07, 6.45) is 2.62. The van der Waals surface area contributed by atoms with E-state index in [1.165, 1.54) is 4.80 Å². The van der Waals surface area contributed by atoms with E-state index in [1.807, 2.05) is 37.3 Å². The molecule has 0 saturated heterocycles. The summed E-state index contributed by atoms with van der Waals surface area (Å²) in [7, 11) is 0. The van der Waals surface area contributed by atoms with Gasteiger partial charge in [-0.2, -0.15) is 4.80 Å². The molecule has 1 atom stereocenters. The van der Waals surface area contributed by atoms with Gasteiger partial charge in [0.2, 0.25) is 5.82 Å². The maximum absolute atomic E-state index is 10.0. The molecule has 0 aliphatic heterocycles. The Balaban J connectivity index is 1.55. The minimum atomic E-state index is -0.729. The lowest BCUT2D eigenvalue weighted by atomic mass is 10.2. The standard InChI is InChI=1S/C16H17N5O2/c1-12-4-6-15(7-5-12)23-11-14(22)10-21-19-16(18-20-21)13-3-2-8-17-9-13/h2-9,14,22H,10-11H2,1H3/t14-/m0/s1. The van der Waals surface area contributed by atoms with Gasteiger partial charge >= 0.3 is 0 Å². The van der Waals surface area contributed by atoms with Gasteiger partial charge in [0.15, 0.2) is 0 Å². The predicted molar refractivity (Wildman–Crippen MR) is 83.7 cm³/mol. The normalized spacial score (nSPS) is 12.1. The van der Waals surface area contributed by atoms with Crippen LogP contribution < -0.4 is 4.74 Å². The van der Waals surface area contributed by atoms with E-state index < -0.39 is 6.10 Å². The predicted octanol–water partition coefficient (Wildman–Crippen LogP) is 1.48. The van der Waals surface area contributed by atoms with Gasteiger partial charge in [-0.3, -0.25) is 4.98 Å². The average Bonchev–Trinajstić information content (AvgIpc) is 3.04. The Bertz CT molecular complexity index is 743. The summed E-state index contributed by atoms with van der Waals surface area (Å²) in [5.41, 5.74) is 1.94. The molecule has 118 valence electrons. The van der Waals surface area contributed by atoms with E-state index in [4.69, 9.17) is 4.74 Å². The second-order valence-corrected chi connectivity index (χ2v) is 5.19. The van der Waals surface area contributed by atoms with Crippen molar-refractivity contribution < 1.29 is 9.84 Å². The second-order valence-electron chi connectivity index (χ2n) is 5.19. The third kappa shape index (κ3) is 4.10. The highest BCUT2D eigenvalue weighted by Gasteiger charge is 2.11. The second kappa shape index (κ2) is 6.97. The quantitative estimate of drug-likeness (QED) is 0.742. The third-order valence-electron chi connectivity index (χ3n) is 3.21. The Labute approximate surface area is 133 Å². The van der Waals surface area contributed by atoms with Gasteiger partial charge in [-0.25, -0.2) is 0 Å². The fraction of sp³-hybridized carbons (Fsp3) is 0.250. The molecule has 2 heterocycles. The van der Waals surface area contributed by atoms with Crippen LogP contribution in [0.15, 0.2) is 48.8 Å². The van der Waals surface area contributed by atoms with Crippen LogP contribution in [-0.2, 0) is 6.54 Å². The van der Waals surface area contributed by atoms with Crippen LogP contribution in [0.4, 0.5) is 0 Å². The lowest BCUT2D eigenvalue weighted by molar-refractivity contribution is 0.0850. The number of benzene rings is 1. The molecule has 7 heteroatoms. The van der Waals surface area contributed by atoms with Crippen molar-refractivity contribution in [2.24, 2.45) is 0 Å². The molecule has 2 aromatic heterocycles. The van der Waals surface area contributed by atoms with Crippen LogP contribution in [0, 0.1) is 6.92 Å². The van der Waals surface area contributed by atoms with E-state index in [0.717, 1.165) is 16.9 Å². The smallest absolute Gasteiger partial charge is 0.206 e. The van der Waals surface area contributed by atoms with E-state index in [9.17, 15) is 5.11 Å². The van der Waals surface area contributed by atoms with Crippen LogP contribution >= 0.6 is 0 Å². The Morgan fingerprint density at radius 2 is 2.04 bits per heavy atom. The number of tetrazole rings is 1. The lowest BCUT2D eigenvalue weighted by Gasteiger charge is -2.11. The number of aliphatic hydroxyl groups is 1. The summed E-state index contributed by atoms with van der Waals surface area (Å²) in [5, 5.41) is 22.1. The topological polar surface area (TPSA) is 86.0 Å². The van der Waals surface area contributed by atoms with Crippen molar-refractivity contribution in [3.8, 4) is 17.1 Å². The Morgan fingerprint density at radius 3 is 2.78 bits per heavy atom. The summed E-state index contributed by atoms with van der Waals surface area (Å²) < 4.78 is 5.54. The Morgan fingerprint density at radius 1 is 1.22 bits per heavy atom. The fourth-order valence-corrected chi connectivity index (χ4v) is 2.00. The number of hydrogen-bond donors (Lipinski definition) is 1. The summed E-state index contributed by atoms with van der Waals surface area (Å²) in [4.78, 5) is 5.37. The van der Waals surface area contributed by atoms with Gasteiger partial charge in [-0.15, -0.1) is 10.2 Å². The van der Waals surface area contributed by atoms with E-state index in [2.05, 4.69) is 20.4 Å². The SMILES string of the molecule is Cc1ccc(OC[C@@H](O)Cn2nnc(-c3cccnc3)n2)cc1. The third-order valence-corrected chi connectivity index (χ3v) is 3.21. The van der Waals surface area contributed by atoms with Gasteiger partial charge < -0.3 is 9.84 Å². The van der Waals surface area contributed by atoms with Crippen LogP contribution in [-0.4, -0.2) is 43.0 Å². The highest BCUT2D eigenvalue weighted by molar-refractivity contribution is 5.51. The lowest BCUT2D eigenvalue weighted by Crippen LogP contribution is -2.24. The van der Waals surface area contributed by atoms with E-state index in [0.29, 0.717) is 5.82 Å². The molecular weight excluding hydrogens is 294 g/mol. The van der Waals surface area contributed by atoms with Gasteiger partial charge in [0.05, 0.1) is 6.54 Å². The average molecular weight is 311 g/mol. The van der Waals surface area contributed by atoms with Crippen molar-refractivity contribution in [3.05, 3.63) is 54.4 Å². The molecule has 0 aliphatic rings. The van der Waals surface area contributed by atoms with Crippen LogP contribution in [0.2, 0.25) is 0 Å². The number of nitrogens with zero attached hydrogens (tertiary/aromatic N) is 5. The van der Waals surface area contributed by atoms with Gasteiger partial charge in [0, 0.05) is 18.0 Å². The molecule has 0 radical (unpaired) electrons. The van der Waals surface area contributed by atoms with E-state index in [1.54, 1.807) is 18.5 Å². The molecule has 0 amide bonds. The molecule has 3 rings (SSSR count). The van der Waals surface area contributed by atoms with Crippen molar-refractivity contribution in [2.45, 2.75) is 19.6 Å². The number of aromatic nitrogens is 5. The Hall–Kier alpha value is -2.80. The van der Waals surface area contributed by atoms with Crippen molar-refractivity contribution in [2.75, 3.05) is 6.61 Å². The number of pyridine rings is 1. The zero-order valence-electron chi connectivity index (χ0n) is 12.7. The first-order valence-electron chi connectivity index (χ1n) is 7.26. The first-order valence-corrected chi connectivity index (χ1v) is 7.26. The van der Waals surface area contributed by atoms with Crippen LogP contribution in [0.3, 0.4) is 0 Å². The molecule has 1 aromatic carbocycles. The Kier molecular flexibility index (Phi) is 4.58. The van der Waals surface area contributed by atoms with E-state index >= 15 is 0 Å². The van der Waals surface area contributed by atoms with Crippen molar-refractivity contribution in [3.63, 3.8) is 0 Å². The minimum Gasteiger partial charge on any atom is -0.491 e. The molecule has 0 fully saturated rings. The number of rotatable bonds is 6. The van der Waals surface area contributed by atoms with Crippen LogP contribution in [0.1, 0.15) is 5.56 Å². The largest absolute Gasteiger partial charge is 0.491 e. The molecule has 0 saturated carbocycles. The number of aryl methyl sites for hydroxylation is 1. The molecule has 7 nitrogen and oxygen atoms in total. The maximum atomic E-state index is 10.0. The van der Waals surface area contributed by atoms with Crippen LogP contribution in [0.5, 0.6) is 5.75 Å². The first kappa shape index (κ1) is 15.1. The fourth-order valence-electron chi connectivity index (χ4n) is 2.00. The molecule has 0 aliphatic carbocycles. The van der Waals surface area contributed by atoms with Gasteiger partial charge in [-0.05, 0) is 36.4 Å². The van der Waals surface area contributed by atoms with Crippen LogP contribution in [0.25, 0.3) is 11.4 Å². The summed E-state index contributed by atoms with van der Waals surface area (Å²) >= 11 is 0. The molecule has 0 bridgehead atoms. The van der Waals surface area contributed by atoms with Gasteiger partial charge in [0.25, 0.3) is 0 Å². The van der Waals surface area contributed by atoms with Gasteiger partial charge in [0.1, 0.15) is 18.5 Å².